The van der Waals surface area contributed by atoms with Crippen LogP contribution in [0.15, 0.2) is 4.52 Å². The molecule has 2 saturated carbocycles. The van der Waals surface area contributed by atoms with Crippen molar-refractivity contribution in [3.05, 3.63) is 17.0 Å². The van der Waals surface area contributed by atoms with Crippen LogP contribution in [0.1, 0.15) is 49.1 Å². The van der Waals surface area contributed by atoms with Crippen LogP contribution in [0.25, 0.3) is 0 Å². The Morgan fingerprint density at radius 1 is 1.28 bits per heavy atom. The molecule has 2 fully saturated rings. The van der Waals surface area contributed by atoms with Gasteiger partial charge in [0.05, 0.1) is 5.69 Å². The van der Waals surface area contributed by atoms with Crippen molar-refractivity contribution in [1.82, 2.24) is 10.5 Å². The molecule has 0 spiro atoms. The predicted molar refractivity (Wildman–Crippen MR) is 71.5 cm³/mol. The average Bonchev–Trinajstić information content (AvgIpc) is 3.04. The summed E-state index contributed by atoms with van der Waals surface area (Å²) in [6.07, 6.45) is 8.15. The molecule has 0 saturated heterocycles. The van der Waals surface area contributed by atoms with Gasteiger partial charge in [-0.1, -0.05) is 11.6 Å². The molecule has 0 aromatic carbocycles. The molecule has 1 aromatic heterocycles. The lowest BCUT2D eigenvalue weighted by Gasteiger charge is -2.22. The molecule has 2 bridgehead atoms. The van der Waals surface area contributed by atoms with Gasteiger partial charge in [-0.25, -0.2) is 0 Å². The van der Waals surface area contributed by atoms with Gasteiger partial charge in [-0.2, -0.15) is 0 Å². The first-order valence-corrected chi connectivity index (χ1v) is 7.39. The second kappa shape index (κ2) is 5.04. The minimum absolute atomic E-state index is 0.813. The van der Waals surface area contributed by atoms with Crippen molar-refractivity contribution in [2.75, 3.05) is 6.54 Å². The SMILES string of the molecule is Cc1noc(C)c1CCCN[C@H]1C[C@H]2CC[C@H]1C2. The highest BCUT2D eigenvalue weighted by Gasteiger charge is 2.38. The number of hydrogen-bond donors (Lipinski definition) is 1. The standard InChI is InChI=1S/C15H24N2O/c1-10-14(11(2)18-17-10)4-3-7-16-15-9-12-5-6-13(15)8-12/h12-13,15-16H,3-9H2,1-2H3/t12-,13-,15-/m0/s1. The number of fused-ring (bicyclic) bond motifs is 2. The summed E-state index contributed by atoms with van der Waals surface area (Å²) in [7, 11) is 0. The Morgan fingerprint density at radius 3 is 2.78 bits per heavy atom. The average molecular weight is 248 g/mol. The second-order valence-corrected chi connectivity index (χ2v) is 6.14. The van der Waals surface area contributed by atoms with Gasteiger partial charge in [-0.3, -0.25) is 0 Å². The van der Waals surface area contributed by atoms with Gasteiger partial charge < -0.3 is 9.84 Å². The highest BCUT2D eigenvalue weighted by molar-refractivity contribution is 5.20. The smallest absolute Gasteiger partial charge is 0.137 e. The Hall–Kier alpha value is -0.830. The van der Waals surface area contributed by atoms with E-state index in [4.69, 9.17) is 4.52 Å². The van der Waals surface area contributed by atoms with Crippen molar-refractivity contribution in [1.29, 1.82) is 0 Å². The third-order valence-electron chi connectivity index (χ3n) is 4.93. The molecule has 3 rings (SSSR count). The first-order chi connectivity index (χ1) is 8.74. The largest absolute Gasteiger partial charge is 0.361 e. The van der Waals surface area contributed by atoms with E-state index in [2.05, 4.69) is 10.5 Å². The monoisotopic (exact) mass is 248 g/mol. The van der Waals surface area contributed by atoms with Crippen LogP contribution in [-0.2, 0) is 6.42 Å². The summed E-state index contributed by atoms with van der Waals surface area (Å²) in [6.45, 7) is 5.19. The maximum absolute atomic E-state index is 5.20. The first-order valence-electron chi connectivity index (χ1n) is 7.39. The highest BCUT2D eigenvalue weighted by atomic mass is 16.5. The van der Waals surface area contributed by atoms with Crippen LogP contribution >= 0.6 is 0 Å². The number of nitrogens with one attached hydrogen (secondary N) is 1. The molecular formula is C15H24N2O. The van der Waals surface area contributed by atoms with Crippen molar-refractivity contribution in [2.45, 2.75) is 58.4 Å². The molecule has 1 N–H and O–H groups in total. The quantitative estimate of drug-likeness (QED) is 0.814. The molecule has 3 nitrogen and oxygen atoms in total. The fourth-order valence-electron chi connectivity index (χ4n) is 3.91. The third-order valence-corrected chi connectivity index (χ3v) is 4.93. The van der Waals surface area contributed by atoms with Gasteiger partial charge in [-0.15, -0.1) is 0 Å². The zero-order valence-corrected chi connectivity index (χ0v) is 11.5. The molecule has 1 aromatic rings. The summed E-state index contributed by atoms with van der Waals surface area (Å²) in [4.78, 5) is 0. The molecule has 18 heavy (non-hydrogen) atoms. The molecule has 0 aliphatic heterocycles. The van der Waals surface area contributed by atoms with Gasteiger partial charge in [0, 0.05) is 11.6 Å². The van der Waals surface area contributed by atoms with Crippen molar-refractivity contribution in [3.8, 4) is 0 Å². The molecule has 100 valence electrons. The Bertz CT molecular complexity index is 393. The fraction of sp³-hybridized carbons (Fsp3) is 0.800. The van der Waals surface area contributed by atoms with Gasteiger partial charge in [0.2, 0.25) is 0 Å². The molecule has 2 aliphatic rings. The molecule has 3 heteroatoms. The maximum Gasteiger partial charge on any atom is 0.137 e. The molecule has 0 radical (unpaired) electrons. The third kappa shape index (κ3) is 2.33. The van der Waals surface area contributed by atoms with Crippen LogP contribution in [0.2, 0.25) is 0 Å². The van der Waals surface area contributed by atoms with Crippen molar-refractivity contribution < 1.29 is 4.52 Å². The Kier molecular flexibility index (Phi) is 3.42. The predicted octanol–water partition coefficient (Wildman–Crippen LogP) is 3.00. The number of hydrogen-bond acceptors (Lipinski definition) is 3. The molecule has 0 amide bonds. The Balaban J connectivity index is 1.41. The summed E-state index contributed by atoms with van der Waals surface area (Å²) >= 11 is 0. The van der Waals surface area contributed by atoms with Gasteiger partial charge in [0.1, 0.15) is 5.76 Å². The lowest BCUT2D eigenvalue weighted by atomic mass is 9.95. The molecule has 3 atom stereocenters. The van der Waals surface area contributed by atoms with E-state index in [-0.39, 0.29) is 0 Å². The van der Waals surface area contributed by atoms with Gasteiger partial charge in [0.15, 0.2) is 0 Å². The molecule has 2 aliphatic carbocycles. The van der Waals surface area contributed by atoms with Crippen LogP contribution in [0, 0.1) is 25.7 Å². The van der Waals surface area contributed by atoms with Crippen molar-refractivity contribution in [3.63, 3.8) is 0 Å². The van der Waals surface area contributed by atoms with Crippen molar-refractivity contribution >= 4 is 0 Å². The topological polar surface area (TPSA) is 38.1 Å². The zero-order valence-electron chi connectivity index (χ0n) is 11.5. The summed E-state index contributed by atoms with van der Waals surface area (Å²) in [5.41, 5.74) is 2.37. The van der Waals surface area contributed by atoms with E-state index in [1.54, 1.807) is 0 Å². The fourth-order valence-corrected chi connectivity index (χ4v) is 3.91. The van der Waals surface area contributed by atoms with E-state index in [1.807, 2.05) is 13.8 Å². The van der Waals surface area contributed by atoms with E-state index in [1.165, 1.54) is 37.7 Å². The molecular weight excluding hydrogens is 224 g/mol. The normalized spacial score (nSPS) is 30.2. The van der Waals surface area contributed by atoms with Crippen LogP contribution in [0.3, 0.4) is 0 Å². The summed E-state index contributed by atoms with van der Waals surface area (Å²) < 4.78 is 5.20. The van der Waals surface area contributed by atoms with Crippen LogP contribution in [0.4, 0.5) is 0 Å². The van der Waals surface area contributed by atoms with E-state index >= 15 is 0 Å². The lowest BCUT2D eigenvalue weighted by Crippen LogP contribution is -2.34. The summed E-state index contributed by atoms with van der Waals surface area (Å²) in [6, 6.07) is 0.813. The molecule has 1 heterocycles. The first kappa shape index (κ1) is 12.2. The number of nitrogens with zero attached hydrogens (tertiary/aromatic N) is 1. The van der Waals surface area contributed by atoms with Crippen molar-refractivity contribution in [2.24, 2.45) is 11.8 Å². The minimum Gasteiger partial charge on any atom is -0.361 e. The maximum atomic E-state index is 5.20. The number of aryl methyl sites for hydroxylation is 2. The van der Waals surface area contributed by atoms with Gasteiger partial charge >= 0.3 is 0 Å². The Morgan fingerprint density at radius 2 is 2.17 bits per heavy atom. The Labute approximate surface area is 109 Å². The van der Waals surface area contributed by atoms with E-state index in [9.17, 15) is 0 Å². The summed E-state index contributed by atoms with van der Waals surface area (Å²) in [5, 5.41) is 7.77. The molecule has 0 unspecified atom stereocenters. The van der Waals surface area contributed by atoms with E-state index in [0.717, 1.165) is 42.3 Å². The van der Waals surface area contributed by atoms with Crippen LogP contribution in [0.5, 0.6) is 0 Å². The highest BCUT2D eigenvalue weighted by Crippen LogP contribution is 2.44. The van der Waals surface area contributed by atoms with Crippen LogP contribution < -0.4 is 5.32 Å². The van der Waals surface area contributed by atoms with Gasteiger partial charge in [0.25, 0.3) is 0 Å². The van der Waals surface area contributed by atoms with E-state index < -0.39 is 0 Å². The summed E-state index contributed by atoms with van der Waals surface area (Å²) in [5.74, 6) is 3.01. The second-order valence-electron chi connectivity index (χ2n) is 6.14. The minimum atomic E-state index is 0.813. The number of rotatable bonds is 5. The number of aromatic nitrogens is 1. The van der Waals surface area contributed by atoms with E-state index in [0.29, 0.717) is 0 Å². The van der Waals surface area contributed by atoms with Crippen LogP contribution in [-0.4, -0.2) is 17.7 Å². The lowest BCUT2D eigenvalue weighted by molar-refractivity contribution is 0.351. The zero-order chi connectivity index (χ0) is 12.5. The van der Waals surface area contributed by atoms with Gasteiger partial charge in [-0.05, 0) is 64.3 Å².